The number of hydrogen-bond acceptors (Lipinski definition) is 1. The average molecular weight is 194 g/mol. The fraction of sp³-hybridized carbons (Fsp3) is 0. The minimum absolute atomic E-state index is 0.668. The molecule has 0 spiro atoms. The standard InChI is InChI=1S/C10H6ClS/c11-9-4-1-3-8(7-9)10-5-2-6-12-10/h1-3,5-7H. The first-order chi connectivity index (χ1) is 5.86. The topological polar surface area (TPSA) is 0 Å². The average Bonchev–Trinajstić information content (AvgIpc) is 2.56. The summed E-state index contributed by atoms with van der Waals surface area (Å²) in [7, 11) is 0. The molecule has 1 aromatic carbocycles. The second kappa shape index (κ2) is 3.30. The molecule has 0 amide bonds. The van der Waals surface area contributed by atoms with Gasteiger partial charge in [-0.05, 0) is 23.1 Å². The molecule has 0 N–H and O–H groups in total. The van der Waals surface area contributed by atoms with Crippen molar-refractivity contribution in [1.29, 1.82) is 0 Å². The first-order valence-electron chi connectivity index (χ1n) is 3.57. The Labute approximate surface area is 80.4 Å². The van der Waals surface area contributed by atoms with Gasteiger partial charge in [0.15, 0.2) is 0 Å². The van der Waals surface area contributed by atoms with E-state index in [-0.39, 0.29) is 0 Å². The van der Waals surface area contributed by atoms with E-state index >= 15 is 0 Å². The van der Waals surface area contributed by atoms with E-state index in [0.29, 0.717) is 5.02 Å². The molecule has 1 heterocycles. The predicted molar refractivity (Wildman–Crippen MR) is 53.6 cm³/mol. The summed E-state index contributed by atoms with van der Waals surface area (Å²) in [5.41, 5.74) is 1.16. The number of rotatable bonds is 1. The van der Waals surface area contributed by atoms with Crippen LogP contribution in [0.5, 0.6) is 0 Å². The SMILES string of the molecule is Clc1[c]ccc(-c2cccs2)c1. The van der Waals surface area contributed by atoms with Crippen molar-refractivity contribution < 1.29 is 0 Å². The number of halogens is 1. The van der Waals surface area contributed by atoms with Crippen LogP contribution in [0.25, 0.3) is 10.4 Å². The highest BCUT2D eigenvalue weighted by molar-refractivity contribution is 7.13. The van der Waals surface area contributed by atoms with Crippen LogP contribution in [0.1, 0.15) is 0 Å². The summed E-state index contributed by atoms with van der Waals surface area (Å²) in [6.45, 7) is 0. The normalized spacial score (nSPS) is 10.1. The third kappa shape index (κ3) is 1.52. The van der Waals surface area contributed by atoms with Gasteiger partial charge in [-0.2, -0.15) is 0 Å². The summed E-state index contributed by atoms with van der Waals surface area (Å²) in [5, 5.41) is 2.72. The van der Waals surface area contributed by atoms with Crippen molar-refractivity contribution >= 4 is 22.9 Å². The summed E-state index contributed by atoms with van der Waals surface area (Å²) in [4.78, 5) is 1.24. The predicted octanol–water partition coefficient (Wildman–Crippen LogP) is 3.87. The Kier molecular flexibility index (Phi) is 2.15. The van der Waals surface area contributed by atoms with Crippen molar-refractivity contribution in [3.63, 3.8) is 0 Å². The fourth-order valence-corrected chi connectivity index (χ4v) is 1.94. The molecular weight excluding hydrogens is 188 g/mol. The van der Waals surface area contributed by atoms with E-state index in [0.717, 1.165) is 5.56 Å². The Hall–Kier alpha value is -0.790. The zero-order valence-electron chi connectivity index (χ0n) is 6.25. The van der Waals surface area contributed by atoms with E-state index in [1.165, 1.54) is 4.88 Å². The highest BCUT2D eigenvalue weighted by atomic mass is 35.5. The molecular formula is C10H6ClS. The maximum atomic E-state index is 5.81. The fourth-order valence-electron chi connectivity index (χ4n) is 1.03. The highest BCUT2D eigenvalue weighted by Crippen LogP contribution is 2.26. The minimum Gasteiger partial charge on any atom is -0.144 e. The summed E-state index contributed by atoms with van der Waals surface area (Å²) in [5.74, 6) is 0. The molecule has 0 saturated heterocycles. The quantitative estimate of drug-likeness (QED) is 0.645. The summed E-state index contributed by atoms with van der Waals surface area (Å²) in [6.07, 6.45) is 0. The molecule has 59 valence electrons. The van der Waals surface area contributed by atoms with Gasteiger partial charge in [-0.25, -0.2) is 0 Å². The lowest BCUT2D eigenvalue weighted by molar-refractivity contribution is 1.68. The summed E-state index contributed by atoms with van der Waals surface area (Å²) >= 11 is 7.52. The van der Waals surface area contributed by atoms with Gasteiger partial charge < -0.3 is 0 Å². The molecule has 2 rings (SSSR count). The molecule has 2 heteroatoms. The highest BCUT2D eigenvalue weighted by Gasteiger charge is 1.97. The van der Waals surface area contributed by atoms with E-state index in [4.69, 9.17) is 11.6 Å². The van der Waals surface area contributed by atoms with Crippen LogP contribution in [-0.4, -0.2) is 0 Å². The van der Waals surface area contributed by atoms with Crippen LogP contribution in [0.3, 0.4) is 0 Å². The van der Waals surface area contributed by atoms with Crippen molar-refractivity contribution in [2.75, 3.05) is 0 Å². The van der Waals surface area contributed by atoms with Gasteiger partial charge in [0, 0.05) is 16.0 Å². The van der Waals surface area contributed by atoms with Crippen LogP contribution in [0.15, 0.2) is 35.7 Å². The van der Waals surface area contributed by atoms with E-state index in [1.54, 1.807) is 11.3 Å². The molecule has 12 heavy (non-hydrogen) atoms. The second-order valence-electron chi connectivity index (χ2n) is 2.40. The lowest BCUT2D eigenvalue weighted by atomic mass is 10.2. The van der Waals surface area contributed by atoms with Crippen LogP contribution < -0.4 is 0 Å². The lowest BCUT2D eigenvalue weighted by Gasteiger charge is -1.95. The van der Waals surface area contributed by atoms with Crippen molar-refractivity contribution in [3.8, 4) is 10.4 Å². The van der Waals surface area contributed by atoms with Crippen molar-refractivity contribution in [3.05, 3.63) is 46.8 Å². The molecule has 0 unspecified atom stereocenters. The van der Waals surface area contributed by atoms with Gasteiger partial charge in [0.2, 0.25) is 0 Å². The van der Waals surface area contributed by atoms with Crippen LogP contribution in [-0.2, 0) is 0 Å². The summed E-state index contributed by atoms with van der Waals surface area (Å²) < 4.78 is 0. The first-order valence-corrected chi connectivity index (χ1v) is 4.83. The molecule has 0 fully saturated rings. The molecule has 0 aliphatic carbocycles. The van der Waals surface area contributed by atoms with E-state index in [9.17, 15) is 0 Å². The number of benzene rings is 1. The number of thiophene rings is 1. The second-order valence-corrected chi connectivity index (χ2v) is 3.76. The van der Waals surface area contributed by atoms with Crippen LogP contribution >= 0.6 is 22.9 Å². The van der Waals surface area contributed by atoms with Crippen LogP contribution in [0, 0.1) is 6.07 Å². The third-order valence-corrected chi connectivity index (χ3v) is 2.71. The molecule has 0 aliphatic rings. The summed E-state index contributed by atoms with van der Waals surface area (Å²) in [6, 6.07) is 12.8. The maximum Gasteiger partial charge on any atom is 0.0491 e. The zero-order valence-corrected chi connectivity index (χ0v) is 7.82. The molecule has 1 radical (unpaired) electrons. The van der Waals surface area contributed by atoms with Gasteiger partial charge in [0.1, 0.15) is 0 Å². The van der Waals surface area contributed by atoms with E-state index in [2.05, 4.69) is 17.5 Å². The Balaban J connectivity index is 2.48. The monoisotopic (exact) mass is 193 g/mol. The zero-order chi connectivity index (χ0) is 8.39. The Bertz CT molecular complexity index is 365. The van der Waals surface area contributed by atoms with Gasteiger partial charge >= 0.3 is 0 Å². The first kappa shape index (κ1) is 7.84. The molecule has 0 saturated carbocycles. The molecule has 1 aromatic heterocycles. The lowest BCUT2D eigenvalue weighted by Crippen LogP contribution is -1.70. The number of hydrogen-bond donors (Lipinski definition) is 0. The largest absolute Gasteiger partial charge is 0.144 e. The van der Waals surface area contributed by atoms with E-state index in [1.807, 2.05) is 24.3 Å². The van der Waals surface area contributed by atoms with Gasteiger partial charge in [-0.3, -0.25) is 0 Å². The molecule has 0 atom stereocenters. The van der Waals surface area contributed by atoms with E-state index < -0.39 is 0 Å². The smallest absolute Gasteiger partial charge is 0.0491 e. The Morgan fingerprint density at radius 2 is 2.25 bits per heavy atom. The molecule has 2 aromatic rings. The minimum atomic E-state index is 0.668. The van der Waals surface area contributed by atoms with Crippen molar-refractivity contribution in [2.24, 2.45) is 0 Å². The molecule has 0 bridgehead atoms. The van der Waals surface area contributed by atoms with Gasteiger partial charge in [0.25, 0.3) is 0 Å². The Morgan fingerprint density at radius 1 is 1.33 bits per heavy atom. The van der Waals surface area contributed by atoms with Crippen molar-refractivity contribution in [2.45, 2.75) is 0 Å². The maximum absolute atomic E-state index is 5.81. The van der Waals surface area contributed by atoms with Gasteiger partial charge in [0.05, 0.1) is 0 Å². The third-order valence-electron chi connectivity index (χ3n) is 1.57. The van der Waals surface area contributed by atoms with Crippen LogP contribution in [0.2, 0.25) is 5.02 Å². The van der Waals surface area contributed by atoms with Crippen molar-refractivity contribution in [1.82, 2.24) is 0 Å². The molecule has 0 aliphatic heterocycles. The van der Waals surface area contributed by atoms with Crippen LogP contribution in [0.4, 0.5) is 0 Å². The molecule has 0 nitrogen and oxygen atoms in total. The van der Waals surface area contributed by atoms with Gasteiger partial charge in [-0.15, -0.1) is 11.3 Å². The van der Waals surface area contributed by atoms with Gasteiger partial charge in [-0.1, -0.05) is 29.8 Å². The Morgan fingerprint density at radius 3 is 2.92 bits per heavy atom.